The maximum Gasteiger partial charge on any atom is 0.266 e. The summed E-state index contributed by atoms with van der Waals surface area (Å²) >= 11 is 0. The van der Waals surface area contributed by atoms with Crippen LogP contribution in [0.5, 0.6) is 0 Å². The van der Waals surface area contributed by atoms with Gasteiger partial charge in [0.15, 0.2) is 0 Å². The molecule has 0 rings (SSSR count). The van der Waals surface area contributed by atoms with Crippen molar-refractivity contribution in [3.8, 4) is 0 Å². The Morgan fingerprint density at radius 3 is 2.03 bits per heavy atom. The van der Waals surface area contributed by atoms with Crippen LogP contribution in [0.4, 0.5) is 0 Å². The van der Waals surface area contributed by atoms with Crippen molar-refractivity contribution in [3.05, 3.63) is 24.3 Å². The van der Waals surface area contributed by atoms with E-state index in [9.17, 15) is 22.9 Å². The van der Waals surface area contributed by atoms with Crippen molar-refractivity contribution < 1.29 is 22.9 Å². The molecular weight excluding hydrogens is 450 g/mol. The number of hydrogen-bond donors (Lipinski definition) is 3. The molecule has 6 nitrogen and oxygen atoms in total. The molecule has 0 heterocycles. The fourth-order valence-electron chi connectivity index (χ4n) is 3.84. The zero-order valence-electron chi connectivity index (χ0n) is 21.7. The van der Waals surface area contributed by atoms with Crippen LogP contribution in [0.2, 0.25) is 0 Å². The molecule has 34 heavy (non-hydrogen) atoms. The predicted molar refractivity (Wildman–Crippen MR) is 142 cm³/mol. The first kappa shape index (κ1) is 32.8. The van der Waals surface area contributed by atoms with Crippen molar-refractivity contribution in [3.63, 3.8) is 0 Å². The molecule has 200 valence electrons. The van der Waals surface area contributed by atoms with Crippen LogP contribution in [0.1, 0.15) is 123 Å². The van der Waals surface area contributed by atoms with Crippen molar-refractivity contribution in [2.45, 2.75) is 135 Å². The van der Waals surface area contributed by atoms with E-state index in [1.807, 2.05) is 0 Å². The second-order valence-corrected chi connectivity index (χ2v) is 10.8. The SMILES string of the molecule is CCC/C=C\C/C=C\CCCCCCCC(=O)NC(CS(=O)(=O)O)C(O)CCCCCCCC. The lowest BCUT2D eigenvalue weighted by atomic mass is 10.0. The van der Waals surface area contributed by atoms with E-state index in [2.05, 4.69) is 43.5 Å². The lowest BCUT2D eigenvalue weighted by Crippen LogP contribution is -2.47. The normalized spacial score (nSPS) is 14.1. The van der Waals surface area contributed by atoms with Crippen LogP contribution in [-0.2, 0) is 14.9 Å². The van der Waals surface area contributed by atoms with Gasteiger partial charge in [0.05, 0.1) is 17.9 Å². The van der Waals surface area contributed by atoms with Crippen LogP contribution in [0.3, 0.4) is 0 Å². The van der Waals surface area contributed by atoms with Crippen molar-refractivity contribution in [1.29, 1.82) is 0 Å². The van der Waals surface area contributed by atoms with Gasteiger partial charge >= 0.3 is 0 Å². The third-order valence-corrected chi connectivity index (χ3v) is 6.67. The minimum Gasteiger partial charge on any atom is -0.391 e. The molecule has 0 radical (unpaired) electrons. The second-order valence-electron chi connectivity index (χ2n) is 9.32. The Morgan fingerprint density at radius 2 is 1.38 bits per heavy atom. The summed E-state index contributed by atoms with van der Waals surface area (Å²) in [6.45, 7) is 4.33. The highest BCUT2D eigenvalue weighted by Gasteiger charge is 2.25. The number of amides is 1. The number of aliphatic hydroxyl groups is 1. The van der Waals surface area contributed by atoms with Crippen LogP contribution in [0, 0.1) is 0 Å². The molecule has 0 aromatic heterocycles. The zero-order chi connectivity index (χ0) is 25.5. The van der Waals surface area contributed by atoms with E-state index in [1.165, 1.54) is 19.3 Å². The van der Waals surface area contributed by atoms with Gasteiger partial charge in [0.2, 0.25) is 5.91 Å². The average Bonchev–Trinajstić information content (AvgIpc) is 2.77. The molecule has 0 spiro atoms. The molecule has 0 aromatic rings. The lowest BCUT2D eigenvalue weighted by molar-refractivity contribution is -0.122. The molecule has 0 aliphatic rings. The highest BCUT2D eigenvalue weighted by atomic mass is 32.2. The van der Waals surface area contributed by atoms with E-state index in [0.717, 1.165) is 77.0 Å². The van der Waals surface area contributed by atoms with Gasteiger partial charge in [-0.05, 0) is 38.5 Å². The smallest absolute Gasteiger partial charge is 0.266 e. The Bertz CT molecular complexity index is 645. The van der Waals surface area contributed by atoms with Crippen molar-refractivity contribution >= 4 is 16.0 Å². The summed E-state index contributed by atoms with van der Waals surface area (Å²) < 4.78 is 31.9. The number of nitrogens with one attached hydrogen (secondary N) is 1. The quantitative estimate of drug-likeness (QED) is 0.0842. The Morgan fingerprint density at radius 1 is 0.794 bits per heavy atom. The summed E-state index contributed by atoms with van der Waals surface area (Å²) in [7, 11) is -4.29. The predicted octanol–water partition coefficient (Wildman–Crippen LogP) is 6.50. The summed E-state index contributed by atoms with van der Waals surface area (Å²) in [5.41, 5.74) is 0. The molecule has 0 saturated heterocycles. The highest BCUT2D eigenvalue weighted by molar-refractivity contribution is 7.85. The van der Waals surface area contributed by atoms with Gasteiger partial charge in [0.25, 0.3) is 10.1 Å². The van der Waals surface area contributed by atoms with Crippen LogP contribution in [0.15, 0.2) is 24.3 Å². The third-order valence-electron chi connectivity index (χ3n) is 5.89. The number of hydrogen-bond acceptors (Lipinski definition) is 4. The first-order valence-corrected chi connectivity index (χ1v) is 15.1. The summed E-state index contributed by atoms with van der Waals surface area (Å²) in [6, 6.07) is -0.971. The summed E-state index contributed by atoms with van der Waals surface area (Å²) in [5, 5.41) is 13.0. The third kappa shape index (κ3) is 22.6. The Balaban J connectivity index is 4.06. The first-order chi connectivity index (χ1) is 16.3. The molecule has 7 heteroatoms. The number of carbonyl (C=O) groups excluding carboxylic acids is 1. The average molecular weight is 502 g/mol. The molecule has 2 unspecified atom stereocenters. The zero-order valence-corrected chi connectivity index (χ0v) is 22.5. The minimum atomic E-state index is -4.29. The fourth-order valence-corrected chi connectivity index (χ4v) is 4.60. The summed E-state index contributed by atoms with van der Waals surface area (Å²) in [6.07, 6.45) is 24.4. The lowest BCUT2D eigenvalue weighted by Gasteiger charge is -2.23. The van der Waals surface area contributed by atoms with Gasteiger partial charge in [-0.3, -0.25) is 9.35 Å². The van der Waals surface area contributed by atoms with Gasteiger partial charge in [-0.25, -0.2) is 0 Å². The molecule has 0 fully saturated rings. The van der Waals surface area contributed by atoms with Crippen molar-refractivity contribution in [2.75, 3.05) is 5.75 Å². The molecule has 0 aliphatic carbocycles. The molecule has 0 bridgehead atoms. The number of aliphatic hydroxyl groups excluding tert-OH is 1. The molecule has 2 atom stereocenters. The number of carbonyl (C=O) groups is 1. The number of allylic oxidation sites excluding steroid dienone is 4. The maximum atomic E-state index is 12.3. The molecule has 0 saturated carbocycles. The van der Waals surface area contributed by atoms with Gasteiger partial charge in [-0.2, -0.15) is 8.42 Å². The van der Waals surface area contributed by atoms with Crippen molar-refractivity contribution in [2.24, 2.45) is 0 Å². The summed E-state index contributed by atoms with van der Waals surface area (Å²) in [5.74, 6) is -0.924. The largest absolute Gasteiger partial charge is 0.391 e. The van der Waals surface area contributed by atoms with Crippen molar-refractivity contribution in [1.82, 2.24) is 5.32 Å². The van der Waals surface area contributed by atoms with Gasteiger partial charge in [0, 0.05) is 6.42 Å². The van der Waals surface area contributed by atoms with E-state index in [1.54, 1.807) is 0 Å². The highest BCUT2D eigenvalue weighted by Crippen LogP contribution is 2.13. The Hall–Kier alpha value is -1.18. The molecule has 3 N–H and O–H groups in total. The van der Waals surface area contributed by atoms with E-state index in [0.29, 0.717) is 12.8 Å². The van der Waals surface area contributed by atoms with E-state index in [4.69, 9.17) is 0 Å². The first-order valence-electron chi connectivity index (χ1n) is 13.5. The molecular formula is C27H51NO5S. The molecule has 0 aliphatic heterocycles. The maximum absolute atomic E-state index is 12.3. The second kappa shape index (κ2) is 22.3. The van der Waals surface area contributed by atoms with Crippen LogP contribution in [0.25, 0.3) is 0 Å². The Labute approximate surface area is 209 Å². The van der Waals surface area contributed by atoms with Gasteiger partial charge < -0.3 is 10.4 Å². The topological polar surface area (TPSA) is 104 Å². The monoisotopic (exact) mass is 501 g/mol. The standard InChI is InChI=1S/C27H51NO5S/c1-3-5-7-9-11-12-13-14-15-16-17-19-21-23-27(30)28-25(24-34(31,32)33)26(29)22-20-18-10-8-6-4-2/h7,9,12-13,25-26,29H,3-6,8,10-11,14-24H2,1-2H3,(H,28,30)(H,31,32,33)/b9-7-,13-12-. The van der Waals surface area contributed by atoms with Gasteiger partial charge in [-0.1, -0.05) is 102 Å². The van der Waals surface area contributed by atoms with E-state index < -0.39 is 28.0 Å². The van der Waals surface area contributed by atoms with E-state index in [-0.39, 0.29) is 5.91 Å². The minimum absolute atomic E-state index is 0.269. The fraction of sp³-hybridized carbons (Fsp3) is 0.815. The van der Waals surface area contributed by atoms with Gasteiger partial charge in [0.1, 0.15) is 0 Å². The van der Waals surface area contributed by atoms with Crippen LogP contribution in [-0.4, -0.2) is 41.9 Å². The summed E-state index contributed by atoms with van der Waals surface area (Å²) in [4.78, 5) is 12.3. The van der Waals surface area contributed by atoms with Gasteiger partial charge in [-0.15, -0.1) is 0 Å². The van der Waals surface area contributed by atoms with Crippen LogP contribution < -0.4 is 5.32 Å². The Kier molecular flexibility index (Phi) is 21.5. The number of unbranched alkanes of at least 4 members (excludes halogenated alkanes) is 11. The van der Waals surface area contributed by atoms with E-state index >= 15 is 0 Å². The number of rotatable bonds is 23. The molecule has 1 amide bonds. The van der Waals surface area contributed by atoms with Crippen LogP contribution >= 0.6 is 0 Å². The molecule has 0 aromatic carbocycles.